The van der Waals surface area contributed by atoms with E-state index < -0.39 is 0 Å². The first-order valence-corrected chi connectivity index (χ1v) is 5.94. The average molecular weight is 202 g/mol. The Bertz CT molecular complexity index is 125. The third-order valence-electron chi connectivity index (χ3n) is 3.03. The van der Waals surface area contributed by atoms with Crippen molar-refractivity contribution in [1.29, 1.82) is 0 Å². The topological polar surface area (TPSA) is 40.5 Å². The fourth-order valence-electron chi connectivity index (χ4n) is 1.69. The predicted octanol–water partition coefficient (Wildman–Crippen LogP) is 2.58. The molecule has 2 N–H and O–H groups in total. The van der Waals surface area contributed by atoms with E-state index in [4.69, 9.17) is 0 Å². The number of rotatable bonds is 8. The fraction of sp³-hybridized carbons (Fsp3) is 1.00. The molecule has 0 aromatic carbocycles. The Labute approximate surface area is 88.3 Å². The van der Waals surface area contributed by atoms with E-state index in [9.17, 15) is 10.2 Å². The Morgan fingerprint density at radius 1 is 1.21 bits per heavy atom. The quantitative estimate of drug-likeness (QED) is 0.635. The fourth-order valence-corrected chi connectivity index (χ4v) is 1.69. The van der Waals surface area contributed by atoms with Gasteiger partial charge in [-0.05, 0) is 18.8 Å². The number of aliphatic hydroxyl groups excluding tert-OH is 2. The van der Waals surface area contributed by atoms with Crippen molar-refractivity contribution in [3.8, 4) is 0 Å². The molecule has 14 heavy (non-hydrogen) atoms. The number of hydrogen-bond acceptors (Lipinski definition) is 2. The van der Waals surface area contributed by atoms with Crippen molar-refractivity contribution in [3.05, 3.63) is 0 Å². The van der Waals surface area contributed by atoms with Gasteiger partial charge in [-0.2, -0.15) is 0 Å². The van der Waals surface area contributed by atoms with Crippen molar-refractivity contribution in [2.45, 2.75) is 59.0 Å². The Morgan fingerprint density at radius 2 is 1.86 bits per heavy atom. The molecule has 86 valence electrons. The van der Waals surface area contributed by atoms with Gasteiger partial charge in [0.25, 0.3) is 0 Å². The van der Waals surface area contributed by atoms with Gasteiger partial charge in [-0.3, -0.25) is 0 Å². The first-order valence-electron chi connectivity index (χ1n) is 5.94. The van der Waals surface area contributed by atoms with E-state index in [1.807, 2.05) is 0 Å². The van der Waals surface area contributed by atoms with E-state index in [-0.39, 0.29) is 18.6 Å². The summed E-state index contributed by atoms with van der Waals surface area (Å²) in [5.74, 6) is 0.680. The van der Waals surface area contributed by atoms with Crippen LogP contribution in [0.3, 0.4) is 0 Å². The van der Waals surface area contributed by atoms with E-state index in [2.05, 4.69) is 20.8 Å². The highest BCUT2D eigenvalue weighted by molar-refractivity contribution is 4.70. The SMILES string of the molecule is CCCCC(O)C(CO)CC(C)CC. The molecule has 0 bridgehead atoms. The van der Waals surface area contributed by atoms with Crippen molar-refractivity contribution in [1.82, 2.24) is 0 Å². The Hall–Kier alpha value is -0.0800. The molecule has 0 spiro atoms. The van der Waals surface area contributed by atoms with E-state index in [1.165, 1.54) is 0 Å². The number of unbranched alkanes of at least 4 members (excludes halogenated alkanes) is 1. The van der Waals surface area contributed by atoms with Gasteiger partial charge >= 0.3 is 0 Å². The molecule has 0 aromatic heterocycles. The van der Waals surface area contributed by atoms with E-state index >= 15 is 0 Å². The second-order valence-corrected chi connectivity index (χ2v) is 4.40. The van der Waals surface area contributed by atoms with E-state index in [1.54, 1.807) is 0 Å². The first kappa shape index (κ1) is 13.9. The van der Waals surface area contributed by atoms with Crippen LogP contribution < -0.4 is 0 Å². The first-order chi connectivity index (χ1) is 6.65. The highest BCUT2D eigenvalue weighted by Crippen LogP contribution is 2.20. The molecule has 0 amide bonds. The molecule has 3 unspecified atom stereocenters. The maximum absolute atomic E-state index is 9.82. The van der Waals surface area contributed by atoms with Crippen molar-refractivity contribution in [2.24, 2.45) is 11.8 Å². The molecule has 0 aromatic rings. The molecule has 0 saturated carbocycles. The summed E-state index contributed by atoms with van der Waals surface area (Å²) in [7, 11) is 0. The van der Waals surface area contributed by atoms with Crippen LogP contribution >= 0.6 is 0 Å². The summed E-state index contributed by atoms with van der Waals surface area (Å²) in [6, 6.07) is 0. The van der Waals surface area contributed by atoms with E-state index in [0.29, 0.717) is 5.92 Å². The van der Waals surface area contributed by atoms with Crippen LogP contribution in [0.5, 0.6) is 0 Å². The molecule has 0 aliphatic rings. The van der Waals surface area contributed by atoms with Crippen LogP contribution in [0, 0.1) is 11.8 Å². The zero-order valence-electron chi connectivity index (χ0n) is 9.87. The highest BCUT2D eigenvalue weighted by atomic mass is 16.3. The van der Waals surface area contributed by atoms with Gasteiger partial charge in [-0.15, -0.1) is 0 Å². The molecule has 3 atom stereocenters. The summed E-state index contributed by atoms with van der Waals surface area (Å²) in [6.45, 7) is 6.57. The Kier molecular flexibility index (Phi) is 8.20. The van der Waals surface area contributed by atoms with Crippen LogP contribution in [0.15, 0.2) is 0 Å². The monoisotopic (exact) mass is 202 g/mol. The van der Waals surface area contributed by atoms with Gasteiger partial charge in [-0.1, -0.05) is 40.0 Å². The molecular weight excluding hydrogens is 176 g/mol. The van der Waals surface area contributed by atoms with Gasteiger partial charge < -0.3 is 10.2 Å². The summed E-state index contributed by atoms with van der Waals surface area (Å²) < 4.78 is 0. The number of hydrogen-bond donors (Lipinski definition) is 2. The zero-order chi connectivity index (χ0) is 11.0. The maximum atomic E-state index is 9.82. The van der Waals surface area contributed by atoms with Gasteiger partial charge in [0.1, 0.15) is 0 Å². The number of aliphatic hydroxyl groups is 2. The third-order valence-corrected chi connectivity index (χ3v) is 3.03. The lowest BCUT2D eigenvalue weighted by Gasteiger charge is -2.23. The van der Waals surface area contributed by atoms with Gasteiger partial charge in [0, 0.05) is 12.5 Å². The zero-order valence-corrected chi connectivity index (χ0v) is 9.87. The molecule has 2 nitrogen and oxygen atoms in total. The maximum Gasteiger partial charge on any atom is 0.0590 e. The van der Waals surface area contributed by atoms with Crippen molar-refractivity contribution >= 4 is 0 Å². The van der Waals surface area contributed by atoms with Crippen molar-refractivity contribution in [2.75, 3.05) is 6.61 Å². The molecule has 2 heteroatoms. The normalized spacial score (nSPS) is 17.8. The summed E-state index contributed by atoms with van der Waals surface area (Å²) in [5.41, 5.74) is 0. The largest absolute Gasteiger partial charge is 0.396 e. The average Bonchev–Trinajstić information content (AvgIpc) is 2.21. The summed E-state index contributed by atoms with van der Waals surface area (Å²) in [4.78, 5) is 0. The van der Waals surface area contributed by atoms with Crippen LogP contribution in [0.2, 0.25) is 0 Å². The third kappa shape index (κ3) is 5.61. The van der Waals surface area contributed by atoms with Gasteiger partial charge in [0.15, 0.2) is 0 Å². The van der Waals surface area contributed by atoms with Crippen LogP contribution in [0.1, 0.15) is 52.9 Å². The summed E-state index contributed by atoms with van der Waals surface area (Å²) in [6.07, 6.45) is 4.75. The minimum Gasteiger partial charge on any atom is -0.396 e. The smallest absolute Gasteiger partial charge is 0.0590 e. The molecule has 0 aliphatic carbocycles. The predicted molar refractivity (Wildman–Crippen MR) is 60.2 cm³/mol. The van der Waals surface area contributed by atoms with Crippen LogP contribution in [0.4, 0.5) is 0 Å². The molecule has 0 saturated heterocycles. The van der Waals surface area contributed by atoms with Gasteiger partial charge in [0.05, 0.1) is 6.10 Å². The van der Waals surface area contributed by atoms with Crippen LogP contribution in [0.25, 0.3) is 0 Å². The lowest BCUT2D eigenvalue weighted by atomic mass is 9.88. The van der Waals surface area contributed by atoms with Crippen molar-refractivity contribution < 1.29 is 10.2 Å². The van der Waals surface area contributed by atoms with Crippen LogP contribution in [-0.2, 0) is 0 Å². The molecular formula is C12H26O2. The second-order valence-electron chi connectivity index (χ2n) is 4.40. The summed E-state index contributed by atoms with van der Waals surface area (Å²) >= 11 is 0. The second kappa shape index (κ2) is 8.25. The summed E-state index contributed by atoms with van der Waals surface area (Å²) in [5, 5.41) is 19.0. The molecule has 0 radical (unpaired) electrons. The molecule has 0 heterocycles. The lowest BCUT2D eigenvalue weighted by Crippen LogP contribution is -2.25. The van der Waals surface area contributed by atoms with Gasteiger partial charge in [0.2, 0.25) is 0 Å². The Morgan fingerprint density at radius 3 is 2.29 bits per heavy atom. The van der Waals surface area contributed by atoms with Gasteiger partial charge in [-0.25, -0.2) is 0 Å². The molecule has 0 rings (SSSR count). The standard InChI is InChI=1S/C12H26O2/c1-4-6-7-12(14)11(9-13)8-10(3)5-2/h10-14H,4-9H2,1-3H3. The molecule has 0 aliphatic heterocycles. The van der Waals surface area contributed by atoms with E-state index in [0.717, 1.165) is 32.1 Å². The van der Waals surface area contributed by atoms with Crippen molar-refractivity contribution in [3.63, 3.8) is 0 Å². The minimum atomic E-state index is -0.311. The minimum absolute atomic E-state index is 0.0801. The Balaban J connectivity index is 3.85. The molecule has 0 fully saturated rings. The highest BCUT2D eigenvalue weighted by Gasteiger charge is 2.19. The lowest BCUT2D eigenvalue weighted by molar-refractivity contribution is 0.0464. The van der Waals surface area contributed by atoms with Crippen LogP contribution in [-0.4, -0.2) is 22.9 Å².